The molecule has 5 nitrogen and oxygen atoms in total. The molecule has 3 N–H and O–H groups in total. The number of carboxylic acids is 1. The van der Waals surface area contributed by atoms with Gasteiger partial charge in [-0.05, 0) is 69.2 Å². The minimum absolute atomic E-state index is 0.176. The first-order valence-corrected chi connectivity index (χ1v) is 11.4. The van der Waals surface area contributed by atoms with Gasteiger partial charge in [0.2, 0.25) is 0 Å². The molecule has 0 aromatic rings. The smallest absolute Gasteiger partial charge is 0.303 e. The molecule has 5 unspecified atom stereocenters. The highest BCUT2D eigenvalue weighted by atomic mass is 16.5. The predicted octanol–water partition coefficient (Wildman–Crippen LogP) is 3.74. The van der Waals surface area contributed by atoms with Gasteiger partial charge in [0.1, 0.15) is 0 Å². The molecular formula is C22H39NO4. The Kier molecular flexibility index (Phi) is 8.41. The fourth-order valence-corrected chi connectivity index (χ4v) is 5.71. The van der Waals surface area contributed by atoms with Crippen LogP contribution in [0, 0.1) is 17.8 Å². The summed E-state index contributed by atoms with van der Waals surface area (Å²) in [5.74, 6) is 1.18. The molecule has 5 heteroatoms. The number of nitrogens with one attached hydrogen (secondary N) is 1. The predicted molar refractivity (Wildman–Crippen MR) is 106 cm³/mol. The van der Waals surface area contributed by atoms with Crippen LogP contribution in [0.2, 0.25) is 0 Å². The summed E-state index contributed by atoms with van der Waals surface area (Å²) < 4.78 is 6.21. The largest absolute Gasteiger partial charge is 0.481 e. The van der Waals surface area contributed by atoms with Crippen LogP contribution in [0.5, 0.6) is 0 Å². The molecule has 2 heterocycles. The fourth-order valence-electron chi connectivity index (χ4n) is 5.71. The molecule has 0 spiro atoms. The number of ether oxygens (including phenoxy) is 1. The van der Waals surface area contributed by atoms with Gasteiger partial charge in [-0.2, -0.15) is 0 Å². The molecule has 3 fully saturated rings. The normalized spacial score (nSPS) is 31.6. The van der Waals surface area contributed by atoms with Crippen LogP contribution < -0.4 is 5.32 Å². The number of carboxylic acid groups (broad SMARTS) is 1. The van der Waals surface area contributed by atoms with E-state index >= 15 is 0 Å². The monoisotopic (exact) mass is 381 g/mol. The summed E-state index contributed by atoms with van der Waals surface area (Å²) >= 11 is 0. The Hall–Kier alpha value is -0.650. The van der Waals surface area contributed by atoms with E-state index in [9.17, 15) is 9.90 Å². The van der Waals surface area contributed by atoms with E-state index in [0.29, 0.717) is 36.4 Å². The summed E-state index contributed by atoms with van der Waals surface area (Å²) in [6.07, 6.45) is 15.0. The van der Waals surface area contributed by atoms with Gasteiger partial charge in [0.15, 0.2) is 0 Å². The standard InChI is InChI=1S/C22H39NO4/c24-19(16-7-5-6-8-16)15-23-14-13-18-17(20-11-12-21(18)27-20)9-3-1-2-4-10-22(25)26/h16-21,23-24H,1-15H2,(H,25,26). The Morgan fingerprint density at radius 1 is 0.963 bits per heavy atom. The Labute approximate surface area is 164 Å². The number of carbonyl (C=O) groups is 1. The Morgan fingerprint density at radius 3 is 2.33 bits per heavy atom. The van der Waals surface area contributed by atoms with E-state index in [4.69, 9.17) is 9.84 Å². The van der Waals surface area contributed by atoms with Crippen LogP contribution in [0.15, 0.2) is 0 Å². The van der Waals surface area contributed by atoms with Gasteiger partial charge in [0, 0.05) is 13.0 Å². The summed E-state index contributed by atoms with van der Waals surface area (Å²) in [7, 11) is 0. The first-order valence-electron chi connectivity index (χ1n) is 11.4. The van der Waals surface area contributed by atoms with E-state index in [1.165, 1.54) is 51.4 Å². The maximum atomic E-state index is 10.6. The van der Waals surface area contributed by atoms with Crippen LogP contribution in [0.25, 0.3) is 0 Å². The van der Waals surface area contributed by atoms with Gasteiger partial charge in [-0.25, -0.2) is 0 Å². The SMILES string of the molecule is O=C(O)CCCCCCC1C2CCC(O2)C1CCNCC(O)C1CCCC1. The van der Waals surface area contributed by atoms with E-state index in [-0.39, 0.29) is 6.10 Å². The molecule has 3 aliphatic rings. The Bertz CT molecular complexity index is 452. The van der Waals surface area contributed by atoms with Crippen molar-refractivity contribution in [3.63, 3.8) is 0 Å². The van der Waals surface area contributed by atoms with Crippen LogP contribution in [0.4, 0.5) is 0 Å². The lowest BCUT2D eigenvalue weighted by atomic mass is 9.75. The van der Waals surface area contributed by atoms with Crippen molar-refractivity contribution < 1.29 is 19.7 Å². The van der Waals surface area contributed by atoms with Crippen molar-refractivity contribution in [3.8, 4) is 0 Å². The molecule has 1 saturated carbocycles. The van der Waals surface area contributed by atoms with Crippen molar-refractivity contribution in [2.45, 2.75) is 102 Å². The third-order valence-corrected chi connectivity index (χ3v) is 7.22. The highest BCUT2D eigenvalue weighted by Gasteiger charge is 2.47. The molecule has 1 aliphatic carbocycles. The van der Waals surface area contributed by atoms with E-state index in [0.717, 1.165) is 38.8 Å². The molecule has 0 amide bonds. The highest BCUT2D eigenvalue weighted by molar-refractivity contribution is 5.66. The maximum absolute atomic E-state index is 10.6. The lowest BCUT2D eigenvalue weighted by molar-refractivity contribution is -0.137. The number of rotatable bonds is 13. The van der Waals surface area contributed by atoms with Gasteiger partial charge in [0.05, 0.1) is 18.3 Å². The van der Waals surface area contributed by atoms with Gasteiger partial charge in [-0.1, -0.05) is 32.1 Å². The summed E-state index contributed by atoms with van der Waals surface area (Å²) in [5, 5.41) is 22.5. The minimum Gasteiger partial charge on any atom is -0.481 e. The van der Waals surface area contributed by atoms with Crippen molar-refractivity contribution >= 4 is 5.97 Å². The van der Waals surface area contributed by atoms with Crippen molar-refractivity contribution in [2.24, 2.45) is 17.8 Å². The molecule has 0 aromatic carbocycles. The zero-order valence-corrected chi connectivity index (χ0v) is 16.8. The topological polar surface area (TPSA) is 78.8 Å². The molecule has 0 radical (unpaired) electrons. The lowest BCUT2D eigenvalue weighted by Gasteiger charge is -2.28. The third-order valence-electron chi connectivity index (χ3n) is 7.22. The Morgan fingerprint density at radius 2 is 1.63 bits per heavy atom. The van der Waals surface area contributed by atoms with Crippen molar-refractivity contribution in [1.29, 1.82) is 0 Å². The van der Waals surface area contributed by atoms with Gasteiger partial charge in [-0.3, -0.25) is 4.79 Å². The molecule has 5 atom stereocenters. The van der Waals surface area contributed by atoms with Crippen molar-refractivity contribution in [1.82, 2.24) is 5.32 Å². The zero-order valence-electron chi connectivity index (χ0n) is 16.8. The fraction of sp³-hybridized carbons (Fsp3) is 0.955. The van der Waals surface area contributed by atoms with Crippen LogP contribution in [-0.2, 0) is 9.53 Å². The number of aliphatic carboxylic acids is 1. The summed E-state index contributed by atoms with van der Waals surface area (Å²) in [6.45, 7) is 1.72. The van der Waals surface area contributed by atoms with E-state index in [1.54, 1.807) is 0 Å². The average Bonchev–Trinajstić information content (AvgIpc) is 3.39. The number of aliphatic hydroxyl groups is 1. The van der Waals surface area contributed by atoms with Crippen LogP contribution in [0.1, 0.15) is 83.5 Å². The lowest BCUT2D eigenvalue weighted by Crippen LogP contribution is -2.35. The highest BCUT2D eigenvalue weighted by Crippen LogP contribution is 2.47. The van der Waals surface area contributed by atoms with Crippen molar-refractivity contribution in [2.75, 3.05) is 13.1 Å². The summed E-state index contributed by atoms with van der Waals surface area (Å²) in [6, 6.07) is 0. The minimum atomic E-state index is -0.679. The quantitative estimate of drug-likeness (QED) is 0.424. The first kappa shape index (κ1) is 21.1. The summed E-state index contributed by atoms with van der Waals surface area (Å²) in [5.41, 5.74) is 0. The average molecular weight is 382 g/mol. The number of fused-ring (bicyclic) bond motifs is 2. The number of aliphatic hydroxyl groups excluding tert-OH is 1. The first-order chi connectivity index (χ1) is 13.1. The van der Waals surface area contributed by atoms with E-state index in [2.05, 4.69) is 5.32 Å². The van der Waals surface area contributed by atoms with Crippen LogP contribution in [0.3, 0.4) is 0 Å². The zero-order chi connectivity index (χ0) is 19.1. The number of hydrogen-bond donors (Lipinski definition) is 3. The van der Waals surface area contributed by atoms with Gasteiger partial charge < -0.3 is 20.3 Å². The van der Waals surface area contributed by atoms with Crippen molar-refractivity contribution in [3.05, 3.63) is 0 Å². The molecule has 27 heavy (non-hydrogen) atoms. The van der Waals surface area contributed by atoms with Crippen LogP contribution >= 0.6 is 0 Å². The van der Waals surface area contributed by atoms with Gasteiger partial charge >= 0.3 is 5.97 Å². The van der Waals surface area contributed by atoms with E-state index in [1.807, 2.05) is 0 Å². The molecule has 0 aromatic heterocycles. The molecule has 156 valence electrons. The van der Waals surface area contributed by atoms with Gasteiger partial charge in [0.25, 0.3) is 0 Å². The summed E-state index contributed by atoms with van der Waals surface area (Å²) in [4.78, 5) is 10.6. The number of unbranched alkanes of at least 4 members (excludes halogenated alkanes) is 3. The van der Waals surface area contributed by atoms with Crippen LogP contribution in [-0.4, -0.2) is 47.6 Å². The molecule has 2 saturated heterocycles. The number of hydrogen-bond acceptors (Lipinski definition) is 4. The molecular weight excluding hydrogens is 342 g/mol. The second-order valence-corrected chi connectivity index (χ2v) is 9.07. The maximum Gasteiger partial charge on any atom is 0.303 e. The molecule has 3 rings (SSSR count). The second-order valence-electron chi connectivity index (χ2n) is 9.07. The van der Waals surface area contributed by atoms with Gasteiger partial charge in [-0.15, -0.1) is 0 Å². The van der Waals surface area contributed by atoms with E-state index < -0.39 is 5.97 Å². The Balaban J connectivity index is 1.31. The molecule has 2 bridgehead atoms. The third kappa shape index (κ3) is 6.16. The molecule has 2 aliphatic heterocycles. The second kappa shape index (κ2) is 10.8.